The van der Waals surface area contributed by atoms with Crippen LogP contribution < -0.4 is 11.1 Å². The molecule has 0 aromatic carbocycles. The Morgan fingerprint density at radius 3 is 2.65 bits per heavy atom. The molecule has 0 aromatic rings. The molecule has 7 nitrogen and oxygen atoms in total. The van der Waals surface area contributed by atoms with Crippen molar-refractivity contribution >= 4 is 16.2 Å². The molecule has 0 spiro atoms. The molecule has 1 aliphatic carbocycles. The topological polar surface area (TPSA) is 91.0 Å². The Morgan fingerprint density at radius 2 is 2.05 bits per heavy atom. The van der Waals surface area contributed by atoms with E-state index in [2.05, 4.69) is 10.3 Å². The molecule has 2 aliphatic rings. The van der Waals surface area contributed by atoms with E-state index in [1.807, 2.05) is 0 Å². The SMILES string of the molecule is CN(C)S(=O)(=O)N1CCCCC1CN=C(N)NC1CC1. The van der Waals surface area contributed by atoms with Crippen molar-refractivity contribution < 1.29 is 8.42 Å². The standard InChI is InChI=1S/C12H25N5O2S/c1-16(2)20(18,19)17-8-4-3-5-11(17)9-14-12(13)15-10-6-7-10/h10-11H,3-9H2,1-2H3,(H3,13,14,15). The Morgan fingerprint density at radius 1 is 1.35 bits per heavy atom. The summed E-state index contributed by atoms with van der Waals surface area (Å²) in [5.41, 5.74) is 5.81. The van der Waals surface area contributed by atoms with Gasteiger partial charge in [-0.15, -0.1) is 0 Å². The highest BCUT2D eigenvalue weighted by atomic mass is 32.2. The Hall–Kier alpha value is -0.860. The van der Waals surface area contributed by atoms with Gasteiger partial charge in [-0.25, -0.2) is 0 Å². The summed E-state index contributed by atoms with van der Waals surface area (Å²) >= 11 is 0. The highest BCUT2D eigenvalue weighted by Gasteiger charge is 2.33. The van der Waals surface area contributed by atoms with Crippen molar-refractivity contribution in [1.29, 1.82) is 0 Å². The predicted molar refractivity (Wildman–Crippen MR) is 79.6 cm³/mol. The van der Waals surface area contributed by atoms with E-state index in [1.165, 1.54) is 4.31 Å². The number of hydrogen-bond donors (Lipinski definition) is 2. The third-order valence-corrected chi connectivity index (χ3v) is 5.73. The Bertz CT molecular complexity index is 458. The van der Waals surface area contributed by atoms with Crippen LogP contribution in [0.3, 0.4) is 0 Å². The molecule has 1 heterocycles. The Balaban J connectivity index is 1.99. The lowest BCUT2D eigenvalue weighted by Gasteiger charge is -2.35. The van der Waals surface area contributed by atoms with Crippen LogP contribution >= 0.6 is 0 Å². The third kappa shape index (κ3) is 3.83. The molecule has 116 valence electrons. The lowest BCUT2D eigenvalue weighted by Crippen LogP contribution is -2.50. The molecule has 0 radical (unpaired) electrons. The minimum absolute atomic E-state index is 0.0873. The fourth-order valence-electron chi connectivity index (χ4n) is 2.36. The molecule has 8 heteroatoms. The van der Waals surface area contributed by atoms with E-state index in [1.54, 1.807) is 18.4 Å². The molecule has 0 amide bonds. The number of nitrogens with one attached hydrogen (secondary N) is 1. The van der Waals surface area contributed by atoms with Gasteiger partial charge in [0.15, 0.2) is 5.96 Å². The van der Waals surface area contributed by atoms with Gasteiger partial charge in [0.1, 0.15) is 0 Å². The predicted octanol–water partition coefficient (Wildman–Crippen LogP) is -0.286. The lowest BCUT2D eigenvalue weighted by atomic mass is 10.1. The van der Waals surface area contributed by atoms with Gasteiger partial charge in [0.05, 0.1) is 6.54 Å². The van der Waals surface area contributed by atoms with Gasteiger partial charge < -0.3 is 11.1 Å². The second kappa shape index (κ2) is 6.28. The number of guanidine groups is 1. The highest BCUT2D eigenvalue weighted by Crippen LogP contribution is 2.22. The van der Waals surface area contributed by atoms with E-state index in [-0.39, 0.29) is 6.04 Å². The van der Waals surface area contributed by atoms with Gasteiger partial charge in [0.25, 0.3) is 10.2 Å². The van der Waals surface area contributed by atoms with Gasteiger partial charge in [-0.2, -0.15) is 17.0 Å². The second-order valence-corrected chi connectivity index (χ2v) is 7.79. The van der Waals surface area contributed by atoms with Gasteiger partial charge in [0, 0.05) is 32.7 Å². The number of hydrogen-bond acceptors (Lipinski definition) is 3. The smallest absolute Gasteiger partial charge is 0.281 e. The fourth-order valence-corrected chi connectivity index (χ4v) is 3.68. The normalized spacial score (nSPS) is 25.9. The summed E-state index contributed by atoms with van der Waals surface area (Å²) in [5.74, 6) is 0.431. The molecule has 0 bridgehead atoms. The van der Waals surface area contributed by atoms with Crippen molar-refractivity contribution in [1.82, 2.24) is 13.9 Å². The van der Waals surface area contributed by atoms with Crippen LogP contribution in [0.2, 0.25) is 0 Å². The first-order valence-electron chi connectivity index (χ1n) is 7.17. The van der Waals surface area contributed by atoms with Crippen LogP contribution in [0.15, 0.2) is 4.99 Å². The van der Waals surface area contributed by atoms with Crippen LogP contribution in [0.5, 0.6) is 0 Å². The highest BCUT2D eigenvalue weighted by molar-refractivity contribution is 7.86. The monoisotopic (exact) mass is 303 g/mol. The molecule has 2 fully saturated rings. The molecule has 1 saturated carbocycles. The van der Waals surface area contributed by atoms with Gasteiger partial charge in [0.2, 0.25) is 0 Å². The molecule has 1 atom stereocenters. The van der Waals surface area contributed by atoms with Crippen molar-refractivity contribution in [2.75, 3.05) is 27.2 Å². The van der Waals surface area contributed by atoms with Crippen LogP contribution in [0.4, 0.5) is 0 Å². The fraction of sp³-hybridized carbons (Fsp3) is 0.917. The first-order valence-corrected chi connectivity index (χ1v) is 8.56. The second-order valence-electron chi connectivity index (χ2n) is 5.70. The summed E-state index contributed by atoms with van der Waals surface area (Å²) in [7, 11) is -0.246. The van der Waals surface area contributed by atoms with Crippen LogP contribution in [0.25, 0.3) is 0 Å². The van der Waals surface area contributed by atoms with E-state index in [0.29, 0.717) is 25.1 Å². The van der Waals surface area contributed by atoms with Crippen molar-refractivity contribution in [2.24, 2.45) is 10.7 Å². The maximum absolute atomic E-state index is 12.3. The van der Waals surface area contributed by atoms with Gasteiger partial charge in [-0.05, 0) is 25.7 Å². The van der Waals surface area contributed by atoms with E-state index in [0.717, 1.165) is 32.1 Å². The van der Waals surface area contributed by atoms with Crippen molar-refractivity contribution in [3.63, 3.8) is 0 Å². The average molecular weight is 303 g/mol. The molecule has 20 heavy (non-hydrogen) atoms. The largest absolute Gasteiger partial charge is 0.370 e. The molecule has 1 saturated heterocycles. The minimum Gasteiger partial charge on any atom is -0.370 e. The zero-order valence-electron chi connectivity index (χ0n) is 12.2. The minimum atomic E-state index is -3.37. The van der Waals surface area contributed by atoms with E-state index >= 15 is 0 Å². The van der Waals surface area contributed by atoms with E-state index < -0.39 is 10.2 Å². The summed E-state index contributed by atoms with van der Waals surface area (Å²) in [5, 5.41) is 3.12. The van der Waals surface area contributed by atoms with Gasteiger partial charge >= 0.3 is 0 Å². The lowest BCUT2D eigenvalue weighted by molar-refractivity contribution is 0.245. The summed E-state index contributed by atoms with van der Waals surface area (Å²) in [6.07, 6.45) is 5.06. The maximum Gasteiger partial charge on any atom is 0.281 e. The summed E-state index contributed by atoms with van der Waals surface area (Å²) in [6, 6.07) is 0.377. The van der Waals surface area contributed by atoms with E-state index in [9.17, 15) is 8.42 Å². The zero-order valence-corrected chi connectivity index (χ0v) is 13.1. The average Bonchev–Trinajstić information content (AvgIpc) is 3.20. The molecular weight excluding hydrogens is 278 g/mol. The first-order chi connectivity index (χ1) is 9.41. The number of piperidine rings is 1. The number of nitrogens with zero attached hydrogens (tertiary/aromatic N) is 3. The van der Waals surface area contributed by atoms with Crippen LogP contribution in [-0.4, -0.2) is 62.3 Å². The van der Waals surface area contributed by atoms with Crippen molar-refractivity contribution in [2.45, 2.75) is 44.2 Å². The summed E-state index contributed by atoms with van der Waals surface area (Å²) < 4.78 is 27.4. The molecular formula is C12H25N5O2S. The quantitative estimate of drug-likeness (QED) is 0.539. The van der Waals surface area contributed by atoms with Crippen molar-refractivity contribution in [3.8, 4) is 0 Å². The zero-order chi connectivity index (χ0) is 14.8. The Kier molecular flexibility index (Phi) is 4.87. The van der Waals surface area contributed by atoms with E-state index in [4.69, 9.17) is 5.73 Å². The molecule has 2 rings (SSSR count). The Labute approximate surface area is 121 Å². The van der Waals surface area contributed by atoms with Gasteiger partial charge in [-0.1, -0.05) is 6.42 Å². The van der Waals surface area contributed by atoms with Gasteiger partial charge in [-0.3, -0.25) is 4.99 Å². The number of aliphatic imine (C=N–C) groups is 1. The summed E-state index contributed by atoms with van der Waals surface area (Å²) in [6.45, 7) is 0.995. The van der Waals surface area contributed by atoms with Crippen LogP contribution in [0.1, 0.15) is 32.1 Å². The molecule has 1 aliphatic heterocycles. The molecule has 0 aromatic heterocycles. The summed E-state index contributed by atoms with van der Waals surface area (Å²) in [4.78, 5) is 4.31. The number of rotatable bonds is 5. The third-order valence-electron chi connectivity index (χ3n) is 3.73. The molecule has 3 N–H and O–H groups in total. The van der Waals surface area contributed by atoms with Crippen molar-refractivity contribution in [3.05, 3.63) is 0 Å². The number of nitrogens with two attached hydrogens (primary N) is 1. The van der Waals surface area contributed by atoms with Crippen LogP contribution in [-0.2, 0) is 10.2 Å². The first kappa shape index (κ1) is 15.5. The maximum atomic E-state index is 12.3. The van der Waals surface area contributed by atoms with Crippen LogP contribution in [0, 0.1) is 0 Å². The molecule has 1 unspecified atom stereocenters.